The molecular weight excluding hydrogens is 410 g/mol. The summed E-state index contributed by atoms with van der Waals surface area (Å²) in [4.78, 5) is 14.4. The zero-order valence-electron chi connectivity index (χ0n) is 13.9. The fourth-order valence-corrected chi connectivity index (χ4v) is 2.75. The summed E-state index contributed by atoms with van der Waals surface area (Å²) in [5.41, 5.74) is -1.67. The number of alkyl halides is 3. The standard InChI is InChI=1S/C16H12Cl2F3N3O3/c1-7(15(25)26)27-13-3-9(10(17)4-11(13)18)6-24-8(2)23-14(12(24)5-22)16(19,20)21/h3-4,7H,6H2,1-2H3,(H,25,26)/t7-/m0/s1. The van der Waals surface area contributed by atoms with Gasteiger partial charge in [0.25, 0.3) is 0 Å². The van der Waals surface area contributed by atoms with E-state index in [0.717, 1.165) is 4.57 Å². The lowest BCUT2D eigenvalue weighted by atomic mass is 10.2. The summed E-state index contributed by atoms with van der Waals surface area (Å²) < 4.78 is 45.4. The molecular formula is C16H12Cl2F3N3O3. The Morgan fingerprint density at radius 1 is 1.41 bits per heavy atom. The third-order valence-electron chi connectivity index (χ3n) is 3.61. The SMILES string of the molecule is Cc1nc(C(F)(F)F)c(C#N)n1Cc1cc(O[C@@H](C)C(=O)O)c(Cl)cc1Cl. The van der Waals surface area contributed by atoms with Crippen LogP contribution >= 0.6 is 23.2 Å². The maximum Gasteiger partial charge on any atom is 0.436 e. The Labute approximate surface area is 161 Å². The Morgan fingerprint density at radius 3 is 2.56 bits per heavy atom. The van der Waals surface area contributed by atoms with Crippen LogP contribution in [0.25, 0.3) is 0 Å². The van der Waals surface area contributed by atoms with Crippen LogP contribution in [0.5, 0.6) is 5.75 Å². The first-order valence-corrected chi connectivity index (χ1v) is 8.13. The molecule has 2 rings (SSSR count). The number of ether oxygens (including phenoxy) is 1. The Morgan fingerprint density at radius 2 is 2.04 bits per heavy atom. The maximum absolute atomic E-state index is 13.0. The Hall–Kier alpha value is -2.44. The highest BCUT2D eigenvalue weighted by atomic mass is 35.5. The number of nitriles is 1. The topological polar surface area (TPSA) is 88.1 Å². The molecule has 1 atom stereocenters. The van der Waals surface area contributed by atoms with E-state index in [-0.39, 0.29) is 33.7 Å². The summed E-state index contributed by atoms with van der Waals surface area (Å²) in [5.74, 6) is -1.26. The highest BCUT2D eigenvalue weighted by molar-refractivity contribution is 6.36. The van der Waals surface area contributed by atoms with Crippen molar-refractivity contribution in [3.8, 4) is 11.8 Å². The first kappa shape index (κ1) is 20.9. The number of carboxylic acid groups (broad SMARTS) is 1. The summed E-state index contributed by atoms with van der Waals surface area (Å²) >= 11 is 12.1. The van der Waals surface area contributed by atoms with E-state index in [0.29, 0.717) is 0 Å². The van der Waals surface area contributed by atoms with E-state index >= 15 is 0 Å². The highest BCUT2D eigenvalue weighted by Gasteiger charge is 2.38. The molecule has 0 bridgehead atoms. The lowest BCUT2D eigenvalue weighted by Crippen LogP contribution is -2.23. The number of nitrogens with zero attached hydrogens (tertiary/aromatic N) is 3. The number of aliphatic carboxylic acids is 1. The van der Waals surface area contributed by atoms with E-state index in [1.165, 1.54) is 32.0 Å². The van der Waals surface area contributed by atoms with Gasteiger partial charge in [-0.05, 0) is 31.5 Å². The average Bonchev–Trinajstić information content (AvgIpc) is 2.87. The molecule has 0 radical (unpaired) electrons. The summed E-state index contributed by atoms with van der Waals surface area (Å²) in [6.45, 7) is 2.39. The number of carboxylic acids is 1. The van der Waals surface area contributed by atoms with E-state index in [9.17, 15) is 18.0 Å². The molecule has 144 valence electrons. The lowest BCUT2D eigenvalue weighted by molar-refractivity contribution is -0.144. The fraction of sp³-hybridized carbons (Fsp3) is 0.312. The van der Waals surface area contributed by atoms with Gasteiger partial charge in [0.2, 0.25) is 0 Å². The summed E-state index contributed by atoms with van der Waals surface area (Å²) in [7, 11) is 0. The molecule has 0 aliphatic heterocycles. The van der Waals surface area contributed by atoms with Crippen LogP contribution in [0.3, 0.4) is 0 Å². The molecule has 0 spiro atoms. The Bertz CT molecular complexity index is 936. The van der Waals surface area contributed by atoms with Gasteiger partial charge in [0, 0.05) is 5.02 Å². The van der Waals surface area contributed by atoms with Crippen molar-refractivity contribution in [2.45, 2.75) is 32.7 Å². The minimum absolute atomic E-state index is 0.00159. The minimum Gasteiger partial charge on any atom is -0.479 e. The van der Waals surface area contributed by atoms with Crippen molar-refractivity contribution in [1.82, 2.24) is 9.55 Å². The maximum atomic E-state index is 13.0. The molecule has 0 amide bonds. The monoisotopic (exact) mass is 421 g/mol. The van der Waals surface area contributed by atoms with Crippen molar-refractivity contribution in [2.75, 3.05) is 0 Å². The van der Waals surface area contributed by atoms with Crippen LogP contribution in [-0.2, 0) is 17.5 Å². The molecule has 2 aromatic rings. The summed E-state index contributed by atoms with van der Waals surface area (Å²) in [6, 6.07) is 4.11. The van der Waals surface area contributed by atoms with Gasteiger partial charge in [-0.1, -0.05) is 23.2 Å². The van der Waals surface area contributed by atoms with Crippen molar-refractivity contribution in [2.24, 2.45) is 0 Å². The lowest BCUT2D eigenvalue weighted by Gasteiger charge is -2.15. The zero-order valence-corrected chi connectivity index (χ0v) is 15.4. The molecule has 0 saturated heterocycles. The van der Waals surface area contributed by atoms with Crippen molar-refractivity contribution in [3.63, 3.8) is 0 Å². The Balaban J connectivity index is 2.48. The summed E-state index contributed by atoms with van der Waals surface area (Å²) in [6.07, 6.45) is -5.99. The number of carbonyl (C=O) groups is 1. The van der Waals surface area contributed by atoms with Crippen LogP contribution in [0.2, 0.25) is 10.0 Å². The molecule has 1 aromatic heterocycles. The van der Waals surface area contributed by atoms with Gasteiger partial charge < -0.3 is 14.4 Å². The van der Waals surface area contributed by atoms with Crippen molar-refractivity contribution in [1.29, 1.82) is 5.26 Å². The number of benzene rings is 1. The molecule has 27 heavy (non-hydrogen) atoms. The zero-order chi connectivity index (χ0) is 20.5. The molecule has 11 heteroatoms. The fourth-order valence-electron chi connectivity index (χ4n) is 2.26. The second-order valence-corrected chi connectivity index (χ2v) is 6.34. The largest absolute Gasteiger partial charge is 0.479 e. The second-order valence-electron chi connectivity index (χ2n) is 5.52. The number of rotatable bonds is 5. The van der Waals surface area contributed by atoms with E-state index in [2.05, 4.69) is 4.98 Å². The number of halogens is 5. The van der Waals surface area contributed by atoms with Crippen molar-refractivity contribution >= 4 is 29.2 Å². The van der Waals surface area contributed by atoms with Crippen LogP contribution in [0.4, 0.5) is 13.2 Å². The minimum atomic E-state index is -4.78. The molecule has 0 aliphatic carbocycles. The van der Waals surface area contributed by atoms with Crippen molar-refractivity contribution in [3.05, 3.63) is 45.0 Å². The number of hydrogen-bond acceptors (Lipinski definition) is 4. The van der Waals surface area contributed by atoms with E-state index in [1.807, 2.05) is 0 Å². The van der Waals surface area contributed by atoms with Gasteiger partial charge in [0.1, 0.15) is 17.6 Å². The smallest absolute Gasteiger partial charge is 0.436 e. The van der Waals surface area contributed by atoms with Gasteiger partial charge in [-0.2, -0.15) is 18.4 Å². The van der Waals surface area contributed by atoms with Gasteiger partial charge in [0.15, 0.2) is 17.5 Å². The second kappa shape index (κ2) is 7.66. The van der Waals surface area contributed by atoms with Crippen LogP contribution in [0.1, 0.15) is 29.7 Å². The van der Waals surface area contributed by atoms with Gasteiger partial charge in [-0.3, -0.25) is 0 Å². The van der Waals surface area contributed by atoms with Gasteiger partial charge in [0.05, 0.1) is 11.6 Å². The third-order valence-corrected chi connectivity index (χ3v) is 4.26. The molecule has 0 unspecified atom stereocenters. The molecule has 6 nitrogen and oxygen atoms in total. The highest BCUT2D eigenvalue weighted by Crippen LogP contribution is 2.35. The molecule has 0 fully saturated rings. The molecule has 1 heterocycles. The van der Waals surface area contributed by atoms with Crippen LogP contribution in [-0.4, -0.2) is 26.7 Å². The number of aryl methyl sites for hydroxylation is 1. The van der Waals surface area contributed by atoms with Crippen molar-refractivity contribution < 1.29 is 27.8 Å². The summed E-state index contributed by atoms with van der Waals surface area (Å²) in [5, 5.41) is 18.2. The average molecular weight is 422 g/mol. The first-order chi connectivity index (χ1) is 12.5. The molecule has 0 saturated carbocycles. The number of hydrogen-bond donors (Lipinski definition) is 1. The van der Waals surface area contributed by atoms with E-state index in [1.54, 1.807) is 0 Å². The van der Waals surface area contributed by atoms with Gasteiger partial charge in [-0.25, -0.2) is 9.78 Å². The predicted octanol–water partition coefficient (Wildman–Crippen LogP) is 4.29. The van der Waals surface area contributed by atoms with E-state index in [4.69, 9.17) is 38.3 Å². The normalized spacial score (nSPS) is 12.5. The molecule has 0 aliphatic rings. The number of imidazole rings is 1. The third kappa shape index (κ3) is 4.46. The Kier molecular flexibility index (Phi) is 5.92. The van der Waals surface area contributed by atoms with Gasteiger partial charge >= 0.3 is 12.1 Å². The van der Waals surface area contributed by atoms with Gasteiger partial charge in [-0.15, -0.1) is 0 Å². The predicted molar refractivity (Wildman–Crippen MR) is 90.0 cm³/mol. The van der Waals surface area contributed by atoms with Crippen LogP contribution in [0, 0.1) is 18.3 Å². The number of aromatic nitrogens is 2. The first-order valence-electron chi connectivity index (χ1n) is 7.37. The van der Waals surface area contributed by atoms with Crippen LogP contribution in [0.15, 0.2) is 12.1 Å². The quantitative estimate of drug-likeness (QED) is 0.777. The van der Waals surface area contributed by atoms with E-state index < -0.39 is 29.6 Å². The molecule has 1 N–H and O–H groups in total. The molecule has 1 aromatic carbocycles. The van der Waals surface area contributed by atoms with Crippen LogP contribution < -0.4 is 4.74 Å².